The van der Waals surface area contributed by atoms with Gasteiger partial charge in [-0.1, -0.05) is 0 Å². The highest BCUT2D eigenvalue weighted by Crippen LogP contribution is 2.36. The minimum Gasteiger partial charge on any atom is -0.466 e. The van der Waals surface area contributed by atoms with Crippen LogP contribution >= 0.6 is 7.82 Å². The van der Waals surface area contributed by atoms with Crippen LogP contribution in [0, 0.1) is 0 Å². The molecule has 7 heteroatoms. The van der Waals surface area contributed by atoms with Crippen LogP contribution in [0.1, 0.15) is 6.92 Å². The minimum atomic E-state index is -4.55. The number of carbonyl (C=O) groups is 1. The van der Waals surface area contributed by atoms with E-state index in [9.17, 15) is 9.36 Å². The third kappa shape index (κ3) is 4.90. The zero-order chi connectivity index (χ0) is 9.78. The van der Waals surface area contributed by atoms with Crippen LogP contribution in [-0.4, -0.2) is 22.9 Å². The smallest absolute Gasteiger partial charge is 0.466 e. The van der Waals surface area contributed by atoms with Gasteiger partial charge < -0.3 is 9.26 Å². The molecule has 0 saturated carbocycles. The van der Waals surface area contributed by atoms with E-state index in [1.54, 1.807) is 0 Å². The van der Waals surface area contributed by atoms with Crippen molar-refractivity contribution >= 4 is 13.8 Å². The lowest BCUT2D eigenvalue weighted by Crippen LogP contribution is -2.01. The number of phosphoric acid groups is 1. The van der Waals surface area contributed by atoms with Gasteiger partial charge in [0.1, 0.15) is 6.26 Å². The van der Waals surface area contributed by atoms with Gasteiger partial charge in [-0.3, -0.25) is 9.79 Å². The van der Waals surface area contributed by atoms with Crippen molar-refractivity contribution in [2.24, 2.45) is 0 Å². The quantitative estimate of drug-likeness (QED) is 0.289. The van der Waals surface area contributed by atoms with E-state index < -0.39 is 13.8 Å². The first-order chi connectivity index (χ1) is 5.37. The van der Waals surface area contributed by atoms with Crippen LogP contribution in [0.15, 0.2) is 11.8 Å². The summed E-state index contributed by atoms with van der Waals surface area (Å²) in [6, 6.07) is 0. The average Bonchev–Trinajstić information content (AvgIpc) is 1.97. The summed E-state index contributed by atoms with van der Waals surface area (Å²) in [5.74, 6) is -0.705. The topological polar surface area (TPSA) is 93.1 Å². The van der Waals surface area contributed by atoms with Crippen molar-refractivity contribution in [3.63, 3.8) is 0 Å². The van der Waals surface area contributed by atoms with Crippen molar-refractivity contribution in [3.8, 4) is 0 Å². The van der Waals surface area contributed by atoms with Crippen LogP contribution in [0.5, 0.6) is 0 Å². The summed E-state index contributed by atoms with van der Waals surface area (Å²) in [5.41, 5.74) is -0.0270. The van der Waals surface area contributed by atoms with E-state index in [2.05, 4.69) is 9.26 Å². The van der Waals surface area contributed by atoms with Crippen LogP contribution < -0.4 is 0 Å². The van der Waals surface area contributed by atoms with Gasteiger partial charge in [-0.05, 0) is 6.92 Å². The number of methoxy groups -OCH3 is 1. The molecule has 0 fully saturated rings. The van der Waals surface area contributed by atoms with Gasteiger partial charge in [0, 0.05) is 0 Å². The van der Waals surface area contributed by atoms with Crippen molar-refractivity contribution < 1.29 is 28.4 Å². The highest BCUT2D eigenvalue weighted by Gasteiger charge is 2.13. The molecular weight excluding hydrogens is 187 g/mol. The summed E-state index contributed by atoms with van der Waals surface area (Å²) in [7, 11) is -3.40. The van der Waals surface area contributed by atoms with E-state index in [1.807, 2.05) is 0 Å². The molecular formula is C5H9O6P. The van der Waals surface area contributed by atoms with Gasteiger partial charge in [0.25, 0.3) is 0 Å². The van der Waals surface area contributed by atoms with E-state index >= 15 is 0 Å². The molecule has 0 rings (SSSR count). The number of ether oxygens (including phenoxy) is 1. The fourth-order valence-corrected chi connectivity index (χ4v) is 0.652. The largest absolute Gasteiger partial charge is 0.524 e. The van der Waals surface area contributed by atoms with Crippen molar-refractivity contribution in [1.29, 1.82) is 0 Å². The lowest BCUT2D eigenvalue weighted by Gasteiger charge is -2.02. The van der Waals surface area contributed by atoms with Crippen LogP contribution in [0.3, 0.4) is 0 Å². The van der Waals surface area contributed by atoms with Gasteiger partial charge in [0.15, 0.2) is 0 Å². The maximum Gasteiger partial charge on any atom is 0.524 e. The SMILES string of the molecule is COC(=O)C(C)=COP(=O)(O)O. The predicted octanol–water partition coefficient (Wildman–Crippen LogP) is 0.172. The molecule has 70 valence electrons. The molecule has 0 spiro atoms. The second-order valence-electron chi connectivity index (χ2n) is 1.89. The fourth-order valence-electron chi connectivity index (χ4n) is 0.357. The molecule has 0 radical (unpaired) electrons. The third-order valence-electron chi connectivity index (χ3n) is 0.874. The lowest BCUT2D eigenvalue weighted by atomic mass is 10.3. The normalized spacial score (nSPS) is 12.5. The minimum absolute atomic E-state index is 0.0270. The molecule has 12 heavy (non-hydrogen) atoms. The molecule has 0 aliphatic rings. The Labute approximate surface area is 69.0 Å². The van der Waals surface area contributed by atoms with E-state index in [-0.39, 0.29) is 5.57 Å². The summed E-state index contributed by atoms with van der Waals surface area (Å²) in [6.07, 6.45) is 0.659. The number of phosphoric ester groups is 1. The standard InChI is InChI=1S/C5H9O6P/c1-4(5(6)10-2)3-11-12(7,8)9/h3H,1-2H3,(H2,7,8,9). The third-order valence-corrected chi connectivity index (χ3v) is 1.25. The van der Waals surface area contributed by atoms with Crippen molar-refractivity contribution in [3.05, 3.63) is 11.8 Å². The Morgan fingerprint density at radius 3 is 2.33 bits per heavy atom. The molecule has 0 bridgehead atoms. The first-order valence-corrected chi connectivity index (χ1v) is 4.39. The van der Waals surface area contributed by atoms with Crippen molar-refractivity contribution in [2.75, 3.05) is 7.11 Å². The Kier molecular flexibility index (Phi) is 3.95. The molecule has 0 aromatic carbocycles. The molecule has 0 heterocycles. The Hall–Kier alpha value is -0.840. The number of carbonyl (C=O) groups excluding carboxylic acids is 1. The van der Waals surface area contributed by atoms with Gasteiger partial charge >= 0.3 is 13.8 Å². The number of rotatable bonds is 3. The molecule has 0 aromatic heterocycles. The summed E-state index contributed by atoms with van der Waals surface area (Å²) in [4.78, 5) is 27.0. The summed E-state index contributed by atoms with van der Waals surface area (Å²) in [5, 5.41) is 0. The number of esters is 1. The molecule has 0 aliphatic heterocycles. The van der Waals surface area contributed by atoms with Crippen molar-refractivity contribution in [2.45, 2.75) is 6.92 Å². The van der Waals surface area contributed by atoms with E-state index in [1.165, 1.54) is 6.92 Å². The average molecular weight is 196 g/mol. The van der Waals surface area contributed by atoms with Gasteiger partial charge in [-0.25, -0.2) is 9.36 Å². The fraction of sp³-hybridized carbons (Fsp3) is 0.400. The molecule has 0 amide bonds. The second kappa shape index (κ2) is 4.25. The van der Waals surface area contributed by atoms with E-state index in [0.29, 0.717) is 6.26 Å². The molecule has 2 N–H and O–H groups in total. The highest BCUT2D eigenvalue weighted by molar-refractivity contribution is 7.46. The monoisotopic (exact) mass is 196 g/mol. The van der Waals surface area contributed by atoms with Gasteiger partial charge in [-0.15, -0.1) is 0 Å². The maximum atomic E-state index is 10.6. The molecule has 0 aliphatic carbocycles. The molecule has 0 aromatic rings. The molecule has 0 saturated heterocycles. The zero-order valence-electron chi connectivity index (χ0n) is 6.55. The first-order valence-electron chi connectivity index (χ1n) is 2.86. The van der Waals surface area contributed by atoms with Crippen LogP contribution in [-0.2, 0) is 18.6 Å². The van der Waals surface area contributed by atoms with Crippen LogP contribution in [0.2, 0.25) is 0 Å². The van der Waals surface area contributed by atoms with Gasteiger partial charge in [0.2, 0.25) is 0 Å². The lowest BCUT2D eigenvalue weighted by molar-refractivity contribution is -0.136. The van der Waals surface area contributed by atoms with E-state index in [0.717, 1.165) is 7.11 Å². The molecule has 6 nitrogen and oxygen atoms in total. The first kappa shape index (κ1) is 11.2. The number of hydrogen-bond acceptors (Lipinski definition) is 4. The van der Waals surface area contributed by atoms with Gasteiger partial charge in [0.05, 0.1) is 12.7 Å². The molecule has 0 atom stereocenters. The Bertz CT molecular complexity index is 238. The number of hydrogen-bond donors (Lipinski definition) is 2. The highest BCUT2D eigenvalue weighted by atomic mass is 31.2. The Morgan fingerprint density at radius 2 is 2.00 bits per heavy atom. The molecule has 0 unspecified atom stereocenters. The Balaban J connectivity index is 4.20. The predicted molar refractivity (Wildman–Crippen MR) is 38.9 cm³/mol. The zero-order valence-corrected chi connectivity index (χ0v) is 7.45. The maximum absolute atomic E-state index is 10.6. The van der Waals surface area contributed by atoms with E-state index in [4.69, 9.17) is 9.79 Å². The van der Waals surface area contributed by atoms with Crippen molar-refractivity contribution in [1.82, 2.24) is 0 Å². The second-order valence-corrected chi connectivity index (χ2v) is 3.08. The summed E-state index contributed by atoms with van der Waals surface area (Å²) < 4.78 is 18.3. The summed E-state index contributed by atoms with van der Waals surface area (Å²) in [6.45, 7) is 1.31. The van der Waals surface area contributed by atoms with Gasteiger partial charge in [-0.2, -0.15) is 0 Å². The van der Waals surface area contributed by atoms with Crippen LogP contribution in [0.4, 0.5) is 0 Å². The summed E-state index contributed by atoms with van der Waals surface area (Å²) >= 11 is 0. The Morgan fingerprint density at radius 1 is 1.50 bits per heavy atom. The van der Waals surface area contributed by atoms with Crippen LogP contribution in [0.25, 0.3) is 0 Å².